The van der Waals surface area contributed by atoms with Gasteiger partial charge in [0, 0.05) is 28.3 Å². The second-order valence-electron chi connectivity index (χ2n) is 3.22. The van der Waals surface area contributed by atoms with Gasteiger partial charge in [-0.1, -0.05) is 22.0 Å². The van der Waals surface area contributed by atoms with Gasteiger partial charge in [0.15, 0.2) is 0 Å². The largest absolute Gasteiger partial charge is 0.326 e. The summed E-state index contributed by atoms with van der Waals surface area (Å²) in [6, 6.07) is 6.11. The number of fused-ring (bicyclic) bond motifs is 1. The Morgan fingerprint density at radius 3 is 2.79 bits per heavy atom. The number of nitrogens with two attached hydrogens (primary N) is 1. The third-order valence-electron chi connectivity index (χ3n) is 2.40. The molecule has 0 unspecified atom stereocenters. The van der Waals surface area contributed by atoms with E-state index >= 15 is 0 Å². The lowest BCUT2D eigenvalue weighted by molar-refractivity contribution is 1.07. The number of rotatable bonds is 1. The van der Waals surface area contributed by atoms with Crippen molar-refractivity contribution in [3.63, 3.8) is 0 Å². The minimum Gasteiger partial charge on any atom is -0.326 e. The van der Waals surface area contributed by atoms with Crippen molar-refractivity contribution >= 4 is 26.7 Å². The highest BCUT2D eigenvalue weighted by Crippen LogP contribution is 2.26. The summed E-state index contributed by atoms with van der Waals surface area (Å²) in [6.45, 7) is 2.55. The number of nitrogens with zero attached hydrogens (tertiary/aromatic N) is 1. The van der Waals surface area contributed by atoms with Crippen LogP contribution in [0.3, 0.4) is 0 Å². The number of hydrogen-bond donors (Lipinski definition) is 1. The summed E-state index contributed by atoms with van der Waals surface area (Å²) < 4.78 is 1.07. The molecule has 0 atom stereocenters. The van der Waals surface area contributed by atoms with Gasteiger partial charge in [0.05, 0.1) is 0 Å². The molecule has 0 bridgehead atoms. The molecule has 2 nitrogen and oxygen atoms in total. The predicted octanol–water partition coefficient (Wildman–Crippen LogP) is 2.76. The Labute approximate surface area is 91.3 Å². The van der Waals surface area contributed by atoms with Gasteiger partial charge < -0.3 is 5.73 Å². The lowest BCUT2D eigenvalue weighted by Gasteiger charge is -2.07. The first-order valence-electron chi connectivity index (χ1n) is 4.47. The molecule has 2 aromatic rings. The van der Waals surface area contributed by atoms with E-state index in [1.807, 2.05) is 25.3 Å². The molecule has 0 amide bonds. The van der Waals surface area contributed by atoms with Gasteiger partial charge in [-0.05, 0) is 30.0 Å². The van der Waals surface area contributed by atoms with E-state index in [9.17, 15) is 0 Å². The van der Waals surface area contributed by atoms with Crippen molar-refractivity contribution in [2.75, 3.05) is 0 Å². The number of pyridine rings is 1. The fourth-order valence-corrected chi connectivity index (χ4v) is 2.15. The van der Waals surface area contributed by atoms with Gasteiger partial charge in [0.1, 0.15) is 0 Å². The van der Waals surface area contributed by atoms with Crippen molar-refractivity contribution in [2.45, 2.75) is 13.5 Å². The topological polar surface area (TPSA) is 38.9 Å². The summed E-state index contributed by atoms with van der Waals surface area (Å²) in [5, 5.41) is 2.37. The second kappa shape index (κ2) is 3.67. The van der Waals surface area contributed by atoms with Crippen LogP contribution < -0.4 is 5.73 Å². The second-order valence-corrected chi connectivity index (χ2v) is 4.08. The van der Waals surface area contributed by atoms with Crippen LogP contribution in [0.15, 0.2) is 28.9 Å². The molecular weight excluding hydrogens is 240 g/mol. The zero-order valence-corrected chi connectivity index (χ0v) is 9.51. The van der Waals surface area contributed by atoms with Gasteiger partial charge in [-0.25, -0.2) is 0 Å². The third kappa shape index (κ3) is 1.42. The van der Waals surface area contributed by atoms with Crippen LogP contribution in [0.5, 0.6) is 0 Å². The summed E-state index contributed by atoms with van der Waals surface area (Å²) in [7, 11) is 0. The lowest BCUT2D eigenvalue weighted by Crippen LogP contribution is -1.99. The molecule has 1 aromatic heterocycles. The molecule has 0 spiro atoms. The Balaban J connectivity index is 2.88. The summed E-state index contributed by atoms with van der Waals surface area (Å²) in [4.78, 5) is 4.26. The van der Waals surface area contributed by atoms with Crippen LogP contribution in [0.2, 0.25) is 0 Å². The van der Waals surface area contributed by atoms with Gasteiger partial charge in [-0.15, -0.1) is 0 Å². The maximum atomic E-state index is 5.72. The van der Waals surface area contributed by atoms with Crippen molar-refractivity contribution in [3.8, 4) is 0 Å². The van der Waals surface area contributed by atoms with Crippen molar-refractivity contribution in [1.29, 1.82) is 0 Å². The fourth-order valence-electron chi connectivity index (χ4n) is 1.64. The van der Waals surface area contributed by atoms with Gasteiger partial charge in [-0.3, -0.25) is 4.98 Å². The molecule has 0 aliphatic rings. The molecule has 0 fully saturated rings. The lowest BCUT2D eigenvalue weighted by atomic mass is 10.0. The van der Waals surface area contributed by atoms with Crippen molar-refractivity contribution < 1.29 is 0 Å². The van der Waals surface area contributed by atoms with E-state index in [1.54, 1.807) is 0 Å². The maximum Gasteiger partial charge on any atom is 0.0451 e. The van der Waals surface area contributed by atoms with E-state index in [0.29, 0.717) is 6.54 Å². The average Bonchev–Trinajstić information content (AvgIpc) is 2.18. The maximum absolute atomic E-state index is 5.72. The molecule has 0 aliphatic heterocycles. The fraction of sp³-hybridized carbons (Fsp3) is 0.182. The van der Waals surface area contributed by atoms with Crippen LogP contribution in [0, 0.1) is 6.92 Å². The van der Waals surface area contributed by atoms with E-state index < -0.39 is 0 Å². The summed E-state index contributed by atoms with van der Waals surface area (Å²) >= 11 is 3.50. The summed E-state index contributed by atoms with van der Waals surface area (Å²) in [5.74, 6) is 0. The van der Waals surface area contributed by atoms with Crippen LogP contribution >= 0.6 is 15.9 Å². The number of aryl methyl sites for hydroxylation is 1. The first kappa shape index (κ1) is 9.62. The third-order valence-corrected chi connectivity index (χ3v) is 3.15. The van der Waals surface area contributed by atoms with E-state index in [1.165, 1.54) is 10.8 Å². The smallest absolute Gasteiger partial charge is 0.0451 e. The molecule has 0 saturated carbocycles. The number of aromatic nitrogens is 1. The standard InChI is InChI=1S/C11H11BrN2/c1-7-8-2-3-11(12)10(6-13)9(8)4-5-14-7/h2-5H,6,13H2,1H3. The van der Waals surface area contributed by atoms with E-state index in [-0.39, 0.29) is 0 Å². The molecule has 2 N–H and O–H groups in total. The Morgan fingerprint density at radius 1 is 1.29 bits per heavy atom. The molecule has 0 radical (unpaired) electrons. The van der Waals surface area contributed by atoms with Gasteiger partial charge >= 0.3 is 0 Å². The minimum atomic E-state index is 0.543. The quantitative estimate of drug-likeness (QED) is 0.846. The van der Waals surface area contributed by atoms with E-state index in [4.69, 9.17) is 5.73 Å². The van der Waals surface area contributed by atoms with Crippen molar-refractivity contribution in [2.24, 2.45) is 5.73 Å². The predicted molar refractivity (Wildman–Crippen MR) is 62.1 cm³/mol. The van der Waals surface area contributed by atoms with Crippen molar-refractivity contribution in [1.82, 2.24) is 4.98 Å². The molecule has 0 aliphatic carbocycles. The normalized spacial score (nSPS) is 10.8. The molecule has 3 heteroatoms. The SMILES string of the molecule is Cc1nccc2c(CN)c(Br)ccc12. The van der Waals surface area contributed by atoms with Crippen LogP contribution in [-0.2, 0) is 6.54 Å². The Kier molecular flexibility index (Phi) is 2.52. The van der Waals surface area contributed by atoms with Crippen LogP contribution in [0.1, 0.15) is 11.3 Å². The molecular formula is C11H11BrN2. The van der Waals surface area contributed by atoms with Gasteiger partial charge in [0.2, 0.25) is 0 Å². The Hall–Kier alpha value is -0.930. The van der Waals surface area contributed by atoms with Crippen LogP contribution in [0.4, 0.5) is 0 Å². The van der Waals surface area contributed by atoms with Gasteiger partial charge in [0.25, 0.3) is 0 Å². The van der Waals surface area contributed by atoms with Crippen LogP contribution in [-0.4, -0.2) is 4.98 Å². The zero-order chi connectivity index (χ0) is 10.1. The minimum absolute atomic E-state index is 0.543. The highest BCUT2D eigenvalue weighted by Gasteiger charge is 2.05. The molecule has 72 valence electrons. The number of hydrogen-bond acceptors (Lipinski definition) is 2. The van der Waals surface area contributed by atoms with Gasteiger partial charge in [-0.2, -0.15) is 0 Å². The summed E-state index contributed by atoms with van der Waals surface area (Å²) in [5.41, 5.74) is 7.91. The zero-order valence-electron chi connectivity index (χ0n) is 7.92. The molecule has 1 heterocycles. The monoisotopic (exact) mass is 250 g/mol. The Bertz CT molecular complexity index is 480. The Morgan fingerprint density at radius 2 is 2.07 bits per heavy atom. The number of halogens is 1. The molecule has 2 rings (SSSR count). The highest BCUT2D eigenvalue weighted by molar-refractivity contribution is 9.10. The van der Waals surface area contributed by atoms with Crippen LogP contribution in [0.25, 0.3) is 10.8 Å². The average molecular weight is 251 g/mol. The summed E-state index contributed by atoms with van der Waals surface area (Å²) in [6.07, 6.45) is 1.82. The van der Waals surface area contributed by atoms with E-state index in [0.717, 1.165) is 15.7 Å². The number of benzene rings is 1. The van der Waals surface area contributed by atoms with Crippen molar-refractivity contribution in [3.05, 3.63) is 40.1 Å². The molecule has 0 saturated heterocycles. The molecule has 14 heavy (non-hydrogen) atoms. The first-order chi connectivity index (χ1) is 6.74. The first-order valence-corrected chi connectivity index (χ1v) is 5.26. The van der Waals surface area contributed by atoms with E-state index in [2.05, 4.69) is 27.0 Å². The molecule has 1 aromatic carbocycles. The highest BCUT2D eigenvalue weighted by atomic mass is 79.9.